The van der Waals surface area contributed by atoms with E-state index in [4.69, 9.17) is 10.8 Å². The first-order chi connectivity index (χ1) is 6.20. The molecule has 1 aromatic rings. The second kappa shape index (κ2) is 4.25. The lowest BCUT2D eigenvalue weighted by Crippen LogP contribution is -2.16. The second-order valence-corrected chi connectivity index (χ2v) is 2.99. The molecule has 4 N–H and O–H groups in total. The number of rotatable bonds is 3. The minimum absolute atomic E-state index is 0.101. The van der Waals surface area contributed by atoms with Gasteiger partial charge in [0.05, 0.1) is 12.6 Å². The Morgan fingerprint density at radius 3 is 2.69 bits per heavy atom. The number of hydrogen-bond acceptors (Lipinski definition) is 3. The maximum Gasteiger partial charge on any atom is 0.119 e. The van der Waals surface area contributed by atoms with Crippen LogP contribution in [0.2, 0.25) is 0 Å². The van der Waals surface area contributed by atoms with Crippen LogP contribution in [0.1, 0.15) is 24.1 Å². The van der Waals surface area contributed by atoms with E-state index in [0.29, 0.717) is 0 Å². The van der Waals surface area contributed by atoms with Crippen molar-refractivity contribution in [3.8, 4) is 5.75 Å². The molecule has 1 rings (SSSR count). The first kappa shape index (κ1) is 10.0. The summed E-state index contributed by atoms with van der Waals surface area (Å²) in [6, 6.07) is 4.80. The summed E-state index contributed by atoms with van der Waals surface area (Å²) in [5, 5.41) is 18.4. The van der Waals surface area contributed by atoms with Crippen LogP contribution in [-0.2, 0) is 6.42 Å². The van der Waals surface area contributed by atoms with E-state index in [1.165, 1.54) is 0 Å². The van der Waals surface area contributed by atoms with Crippen molar-refractivity contribution in [3.63, 3.8) is 0 Å². The molecule has 0 aliphatic rings. The lowest BCUT2D eigenvalue weighted by atomic mass is 9.99. The highest BCUT2D eigenvalue weighted by Crippen LogP contribution is 2.25. The summed E-state index contributed by atoms with van der Waals surface area (Å²) in [5.74, 6) is 0.254. The zero-order valence-electron chi connectivity index (χ0n) is 7.70. The fourth-order valence-corrected chi connectivity index (χ4v) is 1.42. The molecule has 0 unspecified atom stereocenters. The first-order valence-electron chi connectivity index (χ1n) is 4.37. The van der Waals surface area contributed by atoms with Crippen molar-refractivity contribution >= 4 is 0 Å². The van der Waals surface area contributed by atoms with Gasteiger partial charge in [-0.2, -0.15) is 0 Å². The van der Waals surface area contributed by atoms with Crippen LogP contribution in [0, 0.1) is 0 Å². The SMILES string of the molecule is CCc1c(O)cccc1[C@@H](N)CO. The van der Waals surface area contributed by atoms with Crippen LogP contribution >= 0.6 is 0 Å². The molecule has 72 valence electrons. The van der Waals surface area contributed by atoms with Crippen molar-refractivity contribution in [1.29, 1.82) is 0 Å². The number of benzene rings is 1. The summed E-state index contributed by atoms with van der Waals surface area (Å²) in [7, 11) is 0. The highest BCUT2D eigenvalue weighted by atomic mass is 16.3. The Bertz CT molecular complexity index is 286. The molecular formula is C10H15NO2. The predicted octanol–water partition coefficient (Wildman–Crippen LogP) is 0.947. The van der Waals surface area contributed by atoms with Gasteiger partial charge in [0, 0.05) is 0 Å². The van der Waals surface area contributed by atoms with Gasteiger partial charge in [-0.15, -0.1) is 0 Å². The number of aromatic hydroxyl groups is 1. The molecule has 0 aliphatic heterocycles. The number of aliphatic hydroxyl groups excluding tert-OH is 1. The summed E-state index contributed by atoms with van der Waals surface area (Å²) in [6.07, 6.45) is 0.718. The number of phenols is 1. The van der Waals surface area contributed by atoms with Crippen molar-refractivity contribution in [3.05, 3.63) is 29.3 Å². The molecule has 0 bridgehead atoms. The molecule has 0 radical (unpaired) electrons. The van der Waals surface area contributed by atoms with Crippen LogP contribution in [-0.4, -0.2) is 16.8 Å². The van der Waals surface area contributed by atoms with Gasteiger partial charge >= 0.3 is 0 Å². The van der Waals surface area contributed by atoms with E-state index >= 15 is 0 Å². The van der Waals surface area contributed by atoms with Crippen molar-refractivity contribution in [1.82, 2.24) is 0 Å². The smallest absolute Gasteiger partial charge is 0.119 e. The Morgan fingerprint density at radius 1 is 1.46 bits per heavy atom. The largest absolute Gasteiger partial charge is 0.508 e. The zero-order valence-corrected chi connectivity index (χ0v) is 7.70. The quantitative estimate of drug-likeness (QED) is 0.650. The van der Waals surface area contributed by atoms with Gasteiger partial charge in [-0.25, -0.2) is 0 Å². The van der Waals surface area contributed by atoms with Crippen LogP contribution in [0.5, 0.6) is 5.75 Å². The predicted molar refractivity (Wildman–Crippen MR) is 51.5 cm³/mol. The van der Waals surface area contributed by atoms with Gasteiger partial charge in [0.1, 0.15) is 5.75 Å². The van der Waals surface area contributed by atoms with Crippen LogP contribution in [0.25, 0.3) is 0 Å². The summed E-state index contributed by atoms with van der Waals surface area (Å²) in [5.41, 5.74) is 7.33. The van der Waals surface area contributed by atoms with Gasteiger partial charge in [-0.05, 0) is 23.6 Å². The third-order valence-corrected chi connectivity index (χ3v) is 2.14. The third-order valence-electron chi connectivity index (χ3n) is 2.14. The van der Waals surface area contributed by atoms with Crippen LogP contribution in [0.4, 0.5) is 0 Å². The van der Waals surface area contributed by atoms with Gasteiger partial charge < -0.3 is 15.9 Å². The molecule has 0 saturated heterocycles. The van der Waals surface area contributed by atoms with E-state index in [-0.39, 0.29) is 12.4 Å². The molecule has 0 fully saturated rings. The highest BCUT2D eigenvalue weighted by Gasteiger charge is 2.11. The molecule has 0 amide bonds. The fourth-order valence-electron chi connectivity index (χ4n) is 1.42. The normalized spacial score (nSPS) is 12.8. The van der Waals surface area contributed by atoms with Gasteiger partial charge in [0.15, 0.2) is 0 Å². The Hall–Kier alpha value is -1.06. The van der Waals surface area contributed by atoms with E-state index in [9.17, 15) is 5.11 Å². The van der Waals surface area contributed by atoms with Gasteiger partial charge in [-0.3, -0.25) is 0 Å². The topological polar surface area (TPSA) is 66.5 Å². The first-order valence-corrected chi connectivity index (χ1v) is 4.37. The molecule has 1 aromatic carbocycles. The van der Waals surface area contributed by atoms with E-state index in [2.05, 4.69) is 0 Å². The van der Waals surface area contributed by atoms with Crippen LogP contribution in [0.15, 0.2) is 18.2 Å². The Kier molecular flexibility index (Phi) is 3.28. The molecule has 0 spiro atoms. The van der Waals surface area contributed by atoms with Crippen LogP contribution < -0.4 is 5.73 Å². The average Bonchev–Trinajstić information content (AvgIpc) is 2.16. The summed E-state index contributed by atoms with van der Waals surface area (Å²) >= 11 is 0. The monoisotopic (exact) mass is 181 g/mol. The molecule has 0 aliphatic carbocycles. The maximum absolute atomic E-state index is 9.50. The van der Waals surface area contributed by atoms with Crippen LogP contribution in [0.3, 0.4) is 0 Å². The molecule has 3 nitrogen and oxygen atoms in total. The van der Waals surface area contributed by atoms with Crippen molar-refractivity contribution < 1.29 is 10.2 Å². The number of nitrogens with two attached hydrogens (primary N) is 1. The molecule has 0 aromatic heterocycles. The maximum atomic E-state index is 9.50. The average molecular weight is 181 g/mol. The van der Waals surface area contributed by atoms with Crippen molar-refractivity contribution in [2.45, 2.75) is 19.4 Å². The molecule has 3 heteroatoms. The lowest BCUT2D eigenvalue weighted by Gasteiger charge is -2.14. The summed E-state index contributed by atoms with van der Waals surface area (Å²) < 4.78 is 0. The number of hydrogen-bond donors (Lipinski definition) is 3. The van der Waals surface area contributed by atoms with E-state index in [1.807, 2.05) is 13.0 Å². The van der Waals surface area contributed by atoms with Gasteiger partial charge in [0.25, 0.3) is 0 Å². The lowest BCUT2D eigenvalue weighted by molar-refractivity contribution is 0.267. The standard InChI is InChI=1S/C10H15NO2/c1-2-7-8(9(11)6-12)4-3-5-10(7)13/h3-5,9,12-13H,2,6,11H2,1H3/t9-/m0/s1. The zero-order chi connectivity index (χ0) is 9.84. The fraction of sp³-hybridized carbons (Fsp3) is 0.400. The Labute approximate surface area is 77.8 Å². The third kappa shape index (κ3) is 1.99. The van der Waals surface area contributed by atoms with Gasteiger partial charge in [-0.1, -0.05) is 19.1 Å². The Balaban J connectivity index is 3.12. The molecule has 0 saturated carbocycles. The Morgan fingerprint density at radius 2 is 2.15 bits per heavy atom. The summed E-state index contributed by atoms with van der Waals surface area (Å²) in [4.78, 5) is 0. The number of aliphatic hydroxyl groups is 1. The van der Waals surface area contributed by atoms with Crippen molar-refractivity contribution in [2.24, 2.45) is 5.73 Å². The molecule has 1 atom stereocenters. The molecule has 13 heavy (non-hydrogen) atoms. The minimum Gasteiger partial charge on any atom is -0.508 e. The van der Waals surface area contributed by atoms with E-state index in [1.54, 1.807) is 12.1 Å². The second-order valence-electron chi connectivity index (χ2n) is 2.99. The number of phenolic OH excluding ortho intramolecular Hbond substituents is 1. The molecular weight excluding hydrogens is 166 g/mol. The highest BCUT2D eigenvalue weighted by molar-refractivity contribution is 5.40. The van der Waals surface area contributed by atoms with Gasteiger partial charge in [0.2, 0.25) is 0 Å². The molecule has 0 heterocycles. The summed E-state index contributed by atoms with van der Waals surface area (Å²) in [6.45, 7) is 1.85. The minimum atomic E-state index is -0.401. The van der Waals surface area contributed by atoms with Crippen molar-refractivity contribution in [2.75, 3.05) is 6.61 Å². The van der Waals surface area contributed by atoms with E-state index in [0.717, 1.165) is 17.5 Å². The van der Waals surface area contributed by atoms with E-state index < -0.39 is 6.04 Å².